The van der Waals surface area contributed by atoms with Crippen LogP contribution in [-0.2, 0) is 6.18 Å². The summed E-state index contributed by atoms with van der Waals surface area (Å²) in [7, 11) is 0. The predicted octanol–water partition coefficient (Wildman–Crippen LogP) is 5.09. The van der Waals surface area contributed by atoms with Gasteiger partial charge in [-0.2, -0.15) is 13.2 Å². The minimum absolute atomic E-state index is 0.190. The lowest BCUT2D eigenvalue weighted by molar-refractivity contribution is -0.137. The van der Waals surface area contributed by atoms with Gasteiger partial charge in [0.05, 0.1) is 11.1 Å². The number of rotatable bonds is 7. The Bertz CT molecular complexity index is 689. The van der Waals surface area contributed by atoms with Crippen molar-refractivity contribution in [2.45, 2.75) is 36.7 Å². The quantitative estimate of drug-likeness (QED) is 0.416. The number of carbonyl (C=O) groups is 1. The van der Waals surface area contributed by atoms with E-state index in [2.05, 4.69) is 22.4 Å². The number of aromatic nitrogens is 2. The van der Waals surface area contributed by atoms with Crippen molar-refractivity contribution in [1.29, 1.82) is 0 Å². The highest BCUT2D eigenvalue weighted by Gasteiger charge is 2.35. The van der Waals surface area contributed by atoms with Crippen LogP contribution in [0.1, 0.15) is 42.1 Å². The van der Waals surface area contributed by atoms with Crippen molar-refractivity contribution in [1.82, 2.24) is 10.2 Å². The number of halogens is 3. The van der Waals surface area contributed by atoms with E-state index in [0.29, 0.717) is 4.34 Å². The smallest absolute Gasteiger partial charge is 0.296 e. The molecule has 0 radical (unpaired) electrons. The predicted molar refractivity (Wildman–Crippen MR) is 89.6 cm³/mol. The second kappa shape index (κ2) is 8.48. The van der Waals surface area contributed by atoms with Gasteiger partial charge in [0.15, 0.2) is 4.34 Å². The van der Waals surface area contributed by atoms with Gasteiger partial charge in [-0.1, -0.05) is 55.0 Å². The number of nitrogens with one attached hydrogen (secondary N) is 1. The molecule has 0 saturated heterocycles. The molecular formula is C15H16F3N3OS2. The highest BCUT2D eigenvalue weighted by atomic mass is 32.2. The monoisotopic (exact) mass is 375 g/mol. The van der Waals surface area contributed by atoms with E-state index in [-0.39, 0.29) is 5.13 Å². The second-order valence-electron chi connectivity index (χ2n) is 4.93. The van der Waals surface area contributed by atoms with Crippen molar-refractivity contribution < 1.29 is 18.0 Å². The van der Waals surface area contributed by atoms with Gasteiger partial charge in [0, 0.05) is 5.75 Å². The molecule has 2 rings (SSSR count). The first-order valence-corrected chi connectivity index (χ1v) is 9.16. The van der Waals surface area contributed by atoms with Crippen molar-refractivity contribution in [3.8, 4) is 0 Å². The molecule has 0 spiro atoms. The van der Waals surface area contributed by atoms with E-state index in [9.17, 15) is 18.0 Å². The van der Waals surface area contributed by atoms with Gasteiger partial charge in [-0.05, 0) is 18.6 Å². The van der Waals surface area contributed by atoms with Crippen LogP contribution in [0, 0.1) is 0 Å². The van der Waals surface area contributed by atoms with Crippen LogP contribution in [0.15, 0.2) is 28.6 Å². The fraction of sp³-hybridized carbons (Fsp3) is 0.400. The fourth-order valence-electron chi connectivity index (χ4n) is 1.92. The molecule has 2 aromatic rings. The molecule has 1 heterocycles. The van der Waals surface area contributed by atoms with Crippen LogP contribution in [0.2, 0.25) is 0 Å². The van der Waals surface area contributed by atoms with E-state index in [1.165, 1.54) is 23.9 Å². The van der Waals surface area contributed by atoms with Gasteiger partial charge >= 0.3 is 6.18 Å². The van der Waals surface area contributed by atoms with Gasteiger partial charge in [-0.15, -0.1) is 10.2 Å². The van der Waals surface area contributed by atoms with Gasteiger partial charge in [-0.3, -0.25) is 10.1 Å². The Balaban J connectivity index is 2.02. The van der Waals surface area contributed by atoms with Gasteiger partial charge in [0.2, 0.25) is 5.13 Å². The lowest BCUT2D eigenvalue weighted by Gasteiger charge is -2.11. The SMILES string of the molecule is CCCCCSc1nnc(NC(=O)c2ccccc2C(F)(F)F)s1. The van der Waals surface area contributed by atoms with Crippen LogP contribution in [0.4, 0.5) is 18.3 Å². The summed E-state index contributed by atoms with van der Waals surface area (Å²) in [6.45, 7) is 2.11. The van der Waals surface area contributed by atoms with E-state index in [0.717, 1.165) is 48.5 Å². The first-order valence-electron chi connectivity index (χ1n) is 7.35. The maximum absolute atomic E-state index is 12.9. The summed E-state index contributed by atoms with van der Waals surface area (Å²) >= 11 is 2.68. The van der Waals surface area contributed by atoms with E-state index >= 15 is 0 Å². The van der Waals surface area contributed by atoms with Gasteiger partial charge in [-0.25, -0.2) is 0 Å². The van der Waals surface area contributed by atoms with Crippen LogP contribution in [-0.4, -0.2) is 21.9 Å². The van der Waals surface area contributed by atoms with Crippen molar-refractivity contribution in [3.63, 3.8) is 0 Å². The molecule has 1 aromatic carbocycles. The first-order chi connectivity index (χ1) is 11.4. The summed E-state index contributed by atoms with van der Waals surface area (Å²) in [5.74, 6) is 0.0504. The summed E-state index contributed by atoms with van der Waals surface area (Å²) in [5.41, 5.74) is -1.40. The van der Waals surface area contributed by atoms with Crippen molar-refractivity contribution in [2.75, 3.05) is 11.1 Å². The summed E-state index contributed by atoms with van der Waals surface area (Å²) in [6, 6.07) is 4.65. The first kappa shape index (κ1) is 18.7. The van der Waals surface area contributed by atoms with Crippen LogP contribution >= 0.6 is 23.1 Å². The number of anilines is 1. The number of hydrogen-bond acceptors (Lipinski definition) is 5. The van der Waals surface area contributed by atoms with Crippen LogP contribution in [0.5, 0.6) is 0 Å². The summed E-state index contributed by atoms with van der Waals surface area (Å²) in [5, 5.41) is 10.3. The molecule has 130 valence electrons. The Kier molecular flexibility index (Phi) is 6.61. The number of carbonyl (C=O) groups excluding carboxylic acids is 1. The Labute approximate surface area is 145 Å². The molecule has 24 heavy (non-hydrogen) atoms. The number of nitrogens with zero attached hydrogens (tertiary/aromatic N) is 2. The van der Waals surface area contributed by atoms with Gasteiger partial charge in [0.25, 0.3) is 5.91 Å². The number of unbranched alkanes of at least 4 members (excludes halogenated alkanes) is 2. The molecule has 4 nitrogen and oxygen atoms in total. The third kappa shape index (κ3) is 5.20. The summed E-state index contributed by atoms with van der Waals surface area (Å²) < 4.78 is 39.5. The third-order valence-corrected chi connectivity index (χ3v) is 5.14. The molecule has 9 heteroatoms. The molecule has 0 aliphatic carbocycles. The van der Waals surface area contributed by atoms with Gasteiger partial charge < -0.3 is 0 Å². The molecule has 0 aliphatic rings. The highest BCUT2D eigenvalue weighted by Crippen LogP contribution is 2.32. The molecule has 0 aliphatic heterocycles. The van der Waals surface area contributed by atoms with Crippen molar-refractivity contribution >= 4 is 34.1 Å². The van der Waals surface area contributed by atoms with Crippen LogP contribution < -0.4 is 5.32 Å². The molecule has 1 amide bonds. The lowest BCUT2D eigenvalue weighted by Crippen LogP contribution is -2.18. The Morgan fingerprint density at radius 2 is 2.00 bits per heavy atom. The molecule has 0 unspecified atom stereocenters. The van der Waals surface area contributed by atoms with Crippen molar-refractivity contribution in [3.05, 3.63) is 35.4 Å². The number of benzene rings is 1. The molecular weight excluding hydrogens is 359 g/mol. The topological polar surface area (TPSA) is 54.9 Å². The zero-order valence-corrected chi connectivity index (χ0v) is 14.5. The minimum Gasteiger partial charge on any atom is -0.296 e. The number of hydrogen-bond donors (Lipinski definition) is 1. The average Bonchev–Trinajstić information content (AvgIpc) is 2.98. The van der Waals surface area contributed by atoms with E-state index in [1.807, 2.05) is 0 Å². The standard InChI is InChI=1S/C15H16F3N3OS2/c1-2-3-6-9-23-14-21-20-13(24-14)19-12(22)10-7-4-5-8-11(10)15(16,17)18/h4-5,7-8H,2-3,6,9H2,1H3,(H,19,20,22). The summed E-state index contributed by atoms with van der Waals surface area (Å²) in [4.78, 5) is 12.1. The summed E-state index contributed by atoms with van der Waals surface area (Å²) in [6.07, 6.45) is -1.28. The molecule has 0 fully saturated rings. The maximum Gasteiger partial charge on any atom is 0.417 e. The highest BCUT2D eigenvalue weighted by molar-refractivity contribution is 8.01. The van der Waals surface area contributed by atoms with Crippen LogP contribution in [0.25, 0.3) is 0 Å². The normalized spacial score (nSPS) is 11.5. The zero-order valence-electron chi connectivity index (χ0n) is 12.9. The fourth-order valence-corrected chi connectivity index (χ4v) is 3.74. The third-order valence-electron chi connectivity index (χ3n) is 3.08. The van der Waals surface area contributed by atoms with Crippen LogP contribution in [0.3, 0.4) is 0 Å². The number of amides is 1. The van der Waals surface area contributed by atoms with Crippen molar-refractivity contribution in [2.24, 2.45) is 0 Å². The Hall–Kier alpha value is -1.61. The maximum atomic E-state index is 12.9. The van der Waals surface area contributed by atoms with E-state index < -0.39 is 23.2 Å². The Morgan fingerprint density at radius 1 is 1.25 bits per heavy atom. The average molecular weight is 375 g/mol. The van der Waals surface area contributed by atoms with Gasteiger partial charge in [0.1, 0.15) is 0 Å². The van der Waals surface area contributed by atoms with E-state index in [1.54, 1.807) is 0 Å². The molecule has 1 N–H and O–H groups in total. The Morgan fingerprint density at radius 3 is 2.71 bits per heavy atom. The minimum atomic E-state index is -4.59. The van der Waals surface area contributed by atoms with E-state index in [4.69, 9.17) is 0 Å². The number of thioether (sulfide) groups is 1. The second-order valence-corrected chi connectivity index (χ2v) is 7.25. The largest absolute Gasteiger partial charge is 0.417 e. The molecule has 0 bridgehead atoms. The molecule has 0 atom stereocenters. The lowest BCUT2D eigenvalue weighted by atomic mass is 10.1. The molecule has 1 aromatic heterocycles. The number of alkyl halides is 3. The molecule has 0 saturated carbocycles. The zero-order chi connectivity index (χ0) is 17.6.